The minimum atomic E-state index is -1.28. The van der Waals surface area contributed by atoms with Gasteiger partial charge in [0, 0.05) is 18.3 Å². The summed E-state index contributed by atoms with van der Waals surface area (Å²) in [6, 6.07) is 13.4. The highest BCUT2D eigenvalue weighted by Gasteiger charge is 2.45. The number of rotatable bonds is 7. The van der Waals surface area contributed by atoms with Crippen molar-refractivity contribution in [2.45, 2.75) is 57.5 Å². The number of methoxy groups -OCH3 is 3. The predicted molar refractivity (Wildman–Crippen MR) is 127 cm³/mol. The third-order valence-electron chi connectivity index (χ3n) is 5.39. The lowest BCUT2D eigenvalue weighted by molar-refractivity contribution is 0.0985. The third kappa shape index (κ3) is 5.10. The molecule has 166 valence electrons. The van der Waals surface area contributed by atoms with Crippen LogP contribution in [0.15, 0.2) is 42.5 Å². The fourth-order valence-corrected chi connectivity index (χ4v) is 7.91. The van der Waals surface area contributed by atoms with E-state index >= 15 is 0 Å². The van der Waals surface area contributed by atoms with Crippen LogP contribution in [0.5, 0.6) is 17.2 Å². The van der Waals surface area contributed by atoms with Crippen molar-refractivity contribution < 1.29 is 19.3 Å². The molecule has 30 heavy (non-hydrogen) atoms. The molecule has 0 saturated carbocycles. The molecule has 0 unspecified atom stereocenters. The standard InChI is InChI=1S/C25H37O4P/c1-23(2,3)30(24(4,5)6)17-25(26,18-13-11-10-12-14-18)22-20(28-8)15-19(27-7)16-21(22)29-9/h10-16,26H,17H2,1-9H3/t25-/m1/s1. The van der Waals surface area contributed by atoms with Crippen LogP contribution >= 0.6 is 7.92 Å². The maximum Gasteiger partial charge on any atom is 0.132 e. The summed E-state index contributed by atoms with van der Waals surface area (Å²) in [6.07, 6.45) is 0.582. The Morgan fingerprint density at radius 1 is 0.767 bits per heavy atom. The van der Waals surface area contributed by atoms with Crippen molar-refractivity contribution in [3.05, 3.63) is 53.6 Å². The van der Waals surface area contributed by atoms with Crippen LogP contribution in [0.2, 0.25) is 0 Å². The second-order valence-corrected chi connectivity index (χ2v) is 13.4. The van der Waals surface area contributed by atoms with Crippen LogP contribution in [0.3, 0.4) is 0 Å². The molecule has 5 heteroatoms. The monoisotopic (exact) mass is 432 g/mol. The van der Waals surface area contributed by atoms with Gasteiger partial charge in [0.05, 0.1) is 26.9 Å². The van der Waals surface area contributed by atoms with Crippen molar-refractivity contribution in [1.29, 1.82) is 0 Å². The normalized spacial score (nSPS) is 14.4. The van der Waals surface area contributed by atoms with Gasteiger partial charge in [-0.3, -0.25) is 0 Å². The maximum absolute atomic E-state index is 12.5. The smallest absolute Gasteiger partial charge is 0.132 e. The molecule has 2 aromatic rings. The van der Waals surface area contributed by atoms with Gasteiger partial charge in [-0.25, -0.2) is 0 Å². The second kappa shape index (κ2) is 9.16. The Kier molecular flexibility index (Phi) is 7.48. The molecular formula is C25H37O4P. The van der Waals surface area contributed by atoms with E-state index in [0.717, 1.165) is 5.56 Å². The van der Waals surface area contributed by atoms with Gasteiger partial charge in [0.1, 0.15) is 22.8 Å². The quantitative estimate of drug-likeness (QED) is 0.543. The van der Waals surface area contributed by atoms with Gasteiger partial charge in [-0.1, -0.05) is 79.8 Å². The molecule has 0 saturated heterocycles. The second-order valence-electron chi connectivity index (χ2n) is 9.56. The molecule has 0 amide bonds. The summed E-state index contributed by atoms with van der Waals surface area (Å²) in [5, 5.41) is 12.5. The first-order valence-electron chi connectivity index (χ1n) is 10.2. The zero-order valence-corrected chi connectivity index (χ0v) is 20.8. The van der Waals surface area contributed by atoms with Crippen LogP contribution in [-0.2, 0) is 5.60 Å². The van der Waals surface area contributed by atoms with Gasteiger partial charge >= 0.3 is 0 Å². The van der Waals surface area contributed by atoms with Crippen molar-refractivity contribution in [2.75, 3.05) is 27.5 Å². The Labute approximate surface area is 183 Å². The molecule has 0 spiro atoms. The zero-order chi connectivity index (χ0) is 22.7. The summed E-state index contributed by atoms with van der Waals surface area (Å²) in [4.78, 5) is 0. The summed E-state index contributed by atoms with van der Waals surface area (Å²) < 4.78 is 16.9. The average Bonchev–Trinajstić information content (AvgIpc) is 2.69. The van der Waals surface area contributed by atoms with E-state index < -0.39 is 13.5 Å². The molecule has 0 aliphatic heterocycles. The molecule has 1 N–H and O–H groups in total. The average molecular weight is 433 g/mol. The van der Waals surface area contributed by atoms with E-state index in [1.807, 2.05) is 42.5 Å². The number of hydrogen-bond donors (Lipinski definition) is 1. The first kappa shape index (κ1) is 24.5. The van der Waals surface area contributed by atoms with Crippen molar-refractivity contribution >= 4 is 7.92 Å². The molecule has 2 rings (SSSR count). The topological polar surface area (TPSA) is 47.9 Å². The lowest BCUT2D eigenvalue weighted by Gasteiger charge is -2.46. The molecule has 0 aliphatic rings. The Morgan fingerprint density at radius 2 is 1.23 bits per heavy atom. The van der Waals surface area contributed by atoms with Gasteiger partial charge in [0.2, 0.25) is 0 Å². The molecule has 0 fully saturated rings. The highest BCUT2D eigenvalue weighted by molar-refractivity contribution is 7.60. The SMILES string of the molecule is COc1cc(OC)c([C@@](O)(CP(C(C)(C)C)C(C)(C)C)c2ccccc2)c(OC)c1. The van der Waals surface area contributed by atoms with Crippen LogP contribution in [0.25, 0.3) is 0 Å². The van der Waals surface area contributed by atoms with Crippen LogP contribution < -0.4 is 14.2 Å². The van der Waals surface area contributed by atoms with Crippen molar-refractivity contribution in [2.24, 2.45) is 0 Å². The van der Waals surface area contributed by atoms with Crippen LogP contribution in [0.4, 0.5) is 0 Å². The molecule has 0 bridgehead atoms. The van der Waals surface area contributed by atoms with Gasteiger partial charge in [0.25, 0.3) is 0 Å². The van der Waals surface area contributed by atoms with E-state index in [-0.39, 0.29) is 10.3 Å². The van der Waals surface area contributed by atoms with E-state index in [9.17, 15) is 5.11 Å². The molecule has 0 heterocycles. The molecule has 0 radical (unpaired) electrons. The lowest BCUT2D eigenvalue weighted by atomic mass is 9.86. The first-order chi connectivity index (χ1) is 13.9. The maximum atomic E-state index is 12.5. The number of ether oxygens (including phenoxy) is 3. The van der Waals surface area contributed by atoms with Crippen LogP contribution in [-0.4, -0.2) is 42.9 Å². The summed E-state index contributed by atoms with van der Waals surface area (Å²) in [5.41, 5.74) is 0.185. The Bertz CT molecular complexity index is 797. The van der Waals surface area contributed by atoms with E-state index in [1.54, 1.807) is 21.3 Å². The van der Waals surface area contributed by atoms with Crippen molar-refractivity contribution in [3.8, 4) is 17.2 Å². The fraction of sp³-hybridized carbons (Fsp3) is 0.520. The third-order valence-corrected chi connectivity index (χ3v) is 9.40. The van der Waals surface area contributed by atoms with E-state index in [2.05, 4.69) is 41.5 Å². The first-order valence-corrected chi connectivity index (χ1v) is 11.8. The number of aliphatic hydroxyl groups is 1. The lowest BCUT2D eigenvalue weighted by Crippen LogP contribution is -2.38. The minimum absolute atomic E-state index is 0.0449. The summed E-state index contributed by atoms with van der Waals surface area (Å²) in [6.45, 7) is 13.6. The summed E-state index contributed by atoms with van der Waals surface area (Å²) >= 11 is 0. The number of hydrogen-bond acceptors (Lipinski definition) is 4. The van der Waals surface area contributed by atoms with E-state index in [1.165, 1.54) is 0 Å². The van der Waals surface area contributed by atoms with Crippen molar-refractivity contribution in [1.82, 2.24) is 0 Å². The highest BCUT2D eigenvalue weighted by atomic mass is 31.1. The molecule has 1 atom stereocenters. The zero-order valence-electron chi connectivity index (χ0n) is 19.9. The van der Waals surface area contributed by atoms with Crippen molar-refractivity contribution in [3.63, 3.8) is 0 Å². The molecule has 0 aromatic heterocycles. The molecule has 0 aliphatic carbocycles. The summed E-state index contributed by atoms with van der Waals surface area (Å²) in [7, 11) is 4.21. The fourth-order valence-electron chi connectivity index (χ4n) is 4.15. The van der Waals surface area contributed by atoms with E-state index in [4.69, 9.17) is 14.2 Å². The number of benzene rings is 2. The predicted octanol–water partition coefficient (Wildman–Crippen LogP) is 6.03. The molecule has 4 nitrogen and oxygen atoms in total. The van der Waals surface area contributed by atoms with Gasteiger partial charge in [0.15, 0.2) is 0 Å². The Hall–Kier alpha value is -1.77. The Balaban J connectivity index is 2.83. The highest BCUT2D eigenvalue weighted by Crippen LogP contribution is 2.63. The minimum Gasteiger partial charge on any atom is -0.496 e. The molecular weight excluding hydrogens is 395 g/mol. The van der Waals surface area contributed by atoms with Gasteiger partial charge in [-0.05, 0) is 15.9 Å². The van der Waals surface area contributed by atoms with Crippen LogP contribution in [0.1, 0.15) is 52.7 Å². The van der Waals surface area contributed by atoms with Gasteiger partial charge < -0.3 is 19.3 Å². The molecule has 2 aromatic carbocycles. The summed E-state index contributed by atoms with van der Waals surface area (Å²) in [5.74, 6) is 1.72. The Morgan fingerprint density at radius 3 is 1.60 bits per heavy atom. The van der Waals surface area contributed by atoms with Crippen LogP contribution in [0, 0.1) is 0 Å². The van der Waals surface area contributed by atoms with E-state index in [0.29, 0.717) is 29.0 Å². The van der Waals surface area contributed by atoms with Gasteiger partial charge in [-0.15, -0.1) is 0 Å². The largest absolute Gasteiger partial charge is 0.496 e. The van der Waals surface area contributed by atoms with Gasteiger partial charge in [-0.2, -0.15) is 0 Å².